The lowest BCUT2D eigenvalue weighted by atomic mass is 10.2. The molecule has 14 heavy (non-hydrogen) atoms. The lowest BCUT2D eigenvalue weighted by molar-refractivity contribution is 0.0653. The first kappa shape index (κ1) is 10.5. The van der Waals surface area contributed by atoms with E-state index >= 15 is 0 Å². The highest BCUT2D eigenvalue weighted by Crippen LogP contribution is 2.24. The minimum atomic E-state index is -0.948. The van der Waals surface area contributed by atoms with E-state index in [1.165, 1.54) is 11.3 Å². The molecule has 0 saturated carbocycles. The summed E-state index contributed by atoms with van der Waals surface area (Å²) in [5.41, 5.74) is 5.28. The van der Waals surface area contributed by atoms with E-state index in [0.717, 1.165) is 0 Å². The number of nitriles is 1. The van der Waals surface area contributed by atoms with Gasteiger partial charge in [-0.2, -0.15) is 5.26 Å². The van der Waals surface area contributed by atoms with E-state index < -0.39 is 12.2 Å². The number of nitrogens with zero attached hydrogens (tertiary/aromatic N) is 1. The first-order valence-electron chi connectivity index (χ1n) is 3.73. The molecule has 1 amide bonds. The quantitative estimate of drug-likeness (QED) is 0.772. The lowest BCUT2D eigenvalue weighted by Gasteiger charge is -2.11. The van der Waals surface area contributed by atoms with Crippen molar-refractivity contribution >= 4 is 17.4 Å². The molecule has 0 aliphatic carbocycles. The second kappa shape index (κ2) is 4.60. The van der Waals surface area contributed by atoms with Gasteiger partial charge in [0.05, 0.1) is 12.2 Å². The molecule has 1 aromatic rings. The summed E-state index contributed by atoms with van der Waals surface area (Å²) in [5.74, 6) is 0. The van der Waals surface area contributed by atoms with Crippen LogP contribution in [0, 0.1) is 11.3 Å². The molecular formula is C8H8N2O3S. The van der Waals surface area contributed by atoms with Gasteiger partial charge >= 0.3 is 6.09 Å². The fourth-order valence-corrected chi connectivity index (χ4v) is 1.76. The van der Waals surface area contributed by atoms with Crippen LogP contribution in [0.3, 0.4) is 0 Å². The van der Waals surface area contributed by atoms with E-state index in [1.54, 1.807) is 11.4 Å². The van der Waals surface area contributed by atoms with Crippen LogP contribution in [0.5, 0.6) is 0 Å². The molecule has 0 aromatic carbocycles. The summed E-state index contributed by atoms with van der Waals surface area (Å²) in [7, 11) is 0. The molecule has 1 rings (SSSR count). The van der Waals surface area contributed by atoms with Crippen molar-refractivity contribution in [1.29, 1.82) is 5.26 Å². The predicted octanol–water partition coefficient (Wildman–Crippen LogP) is 0.748. The molecule has 0 fully saturated rings. The minimum absolute atomic E-state index is 0.353. The molecule has 0 spiro atoms. The van der Waals surface area contributed by atoms with Crippen LogP contribution in [0.4, 0.5) is 4.79 Å². The van der Waals surface area contributed by atoms with Crippen LogP contribution in [0.2, 0.25) is 0 Å². The zero-order valence-electron chi connectivity index (χ0n) is 7.14. The summed E-state index contributed by atoms with van der Waals surface area (Å²) in [6, 6.07) is 3.49. The van der Waals surface area contributed by atoms with Gasteiger partial charge in [-0.1, -0.05) is 0 Å². The normalized spacial score (nSPS) is 11.7. The van der Waals surface area contributed by atoms with Crippen molar-refractivity contribution in [3.63, 3.8) is 0 Å². The molecule has 0 radical (unpaired) electrons. The third-order valence-electron chi connectivity index (χ3n) is 1.49. The van der Waals surface area contributed by atoms with Crippen LogP contribution >= 0.6 is 11.3 Å². The van der Waals surface area contributed by atoms with Crippen molar-refractivity contribution in [2.24, 2.45) is 5.73 Å². The van der Waals surface area contributed by atoms with Crippen LogP contribution in [-0.2, 0) is 4.74 Å². The third kappa shape index (κ3) is 2.45. The third-order valence-corrected chi connectivity index (χ3v) is 2.52. The monoisotopic (exact) mass is 212 g/mol. The van der Waals surface area contributed by atoms with E-state index in [2.05, 4.69) is 4.74 Å². The fourth-order valence-electron chi connectivity index (χ4n) is 0.906. The number of thiophene rings is 1. The maximum absolute atomic E-state index is 10.4. The lowest BCUT2D eigenvalue weighted by Crippen LogP contribution is -2.18. The summed E-state index contributed by atoms with van der Waals surface area (Å²) < 4.78 is 4.63. The standard InChI is InChI=1S/C8H8N2O3S/c9-2-5-1-7(14-4-5)6(3-11)13-8(10)12/h1,4,6,11H,3H2,(H2,10,12)/t6-/m1/s1. The Morgan fingerprint density at radius 2 is 2.57 bits per heavy atom. The van der Waals surface area contributed by atoms with Crippen molar-refractivity contribution in [2.75, 3.05) is 6.61 Å². The van der Waals surface area contributed by atoms with Gasteiger partial charge in [-0.25, -0.2) is 4.79 Å². The van der Waals surface area contributed by atoms with E-state index in [9.17, 15) is 4.79 Å². The molecule has 1 aromatic heterocycles. The smallest absolute Gasteiger partial charge is 0.405 e. The Labute approximate surface area is 84.3 Å². The fraction of sp³-hybridized carbons (Fsp3) is 0.250. The van der Waals surface area contributed by atoms with Crippen LogP contribution in [0.1, 0.15) is 16.5 Å². The Kier molecular flexibility index (Phi) is 3.45. The van der Waals surface area contributed by atoms with Gasteiger partial charge in [0.1, 0.15) is 6.07 Å². The maximum atomic E-state index is 10.4. The summed E-state index contributed by atoms with van der Waals surface area (Å²) in [4.78, 5) is 11.0. The minimum Gasteiger partial charge on any atom is -0.438 e. The number of ether oxygens (including phenoxy) is 1. The Hall–Kier alpha value is -1.58. The van der Waals surface area contributed by atoms with Gasteiger partial charge in [0.2, 0.25) is 0 Å². The Bertz CT molecular complexity index is 369. The molecule has 0 unspecified atom stereocenters. The summed E-state index contributed by atoms with van der Waals surface area (Å²) in [6.45, 7) is -0.353. The number of nitrogens with two attached hydrogens (primary N) is 1. The number of hydrogen-bond acceptors (Lipinski definition) is 5. The molecule has 0 saturated heterocycles. The van der Waals surface area contributed by atoms with E-state index in [0.29, 0.717) is 10.4 Å². The van der Waals surface area contributed by atoms with Gasteiger partial charge in [0.15, 0.2) is 6.10 Å². The molecule has 3 N–H and O–H groups in total. The van der Waals surface area contributed by atoms with Crippen molar-refractivity contribution in [2.45, 2.75) is 6.10 Å². The number of carbonyl (C=O) groups is 1. The van der Waals surface area contributed by atoms with Gasteiger partial charge in [-0.15, -0.1) is 11.3 Å². The van der Waals surface area contributed by atoms with Gasteiger partial charge in [-0.3, -0.25) is 0 Å². The molecule has 0 aliphatic heterocycles. The van der Waals surface area contributed by atoms with Gasteiger partial charge in [-0.05, 0) is 6.07 Å². The summed E-state index contributed by atoms with van der Waals surface area (Å²) in [5, 5.41) is 19.1. The average Bonchev–Trinajstić information content (AvgIpc) is 2.62. The second-order valence-corrected chi connectivity index (χ2v) is 3.40. The van der Waals surface area contributed by atoms with Crippen molar-refractivity contribution in [1.82, 2.24) is 0 Å². The SMILES string of the molecule is N#Cc1csc([C@@H](CO)OC(N)=O)c1. The van der Waals surface area contributed by atoms with Crippen molar-refractivity contribution in [3.05, 3.63) is 21.9 Å². The van der Waals surface area contributed by atoms with Gasteiger partial charge in [0, 0.05) is 10.3 Å². The van der Waals surface area contributed by atoms with Crippen LogP contribution in [0.25, 0.3) is 0 Å². The second-order valence-electron chi connectivity index (χ2n) is 2.46. The Morgan fingerprint density at radius 3 is 3.00 bits per heavy atom. The highest BCUT2D eigenvalue weighted by atomic mass is 32.1. The zero-order chi connectivity index (χ0) is 10.6. The van der Waals surface area contributed by atoms with E-state index in [4.69, 9.17) is 16.1 Å². The van der Waals surface area contributed by atoms with Crippen molar-refractivity contribution in [3.8, 4) is 6.07 Å². The number of primary amides is 1. The number of aliphatic hydroxyl groups is 1. The maximum Gasteiger partial charge on any atom is 0.405 e. The number of hydrogen-bond donors (Lipinski definition) is 2. The molecule has 1 atom stereocenters. The number of amides is 1. The highest BCUT2D eigenvalue weighted by Gasteiger charge is 2.16. The Morgan fingerprint density at radius 1 is 1.86 bits per heavy atom. The Balaban J connectivity index is 2.79. The highest BCUT2D eigenvalue weighted by molar-refractivity contribution is 7.10. The first-order chi connectivity index (χ1) is 6.67. The van der Waals surface area contributed by atoms with Crippen molar-refractivity contribution < 1.29 is 14.6 Å². The molecule has 74 valence electrons. The van der Waals surface area contributed by atoms with Crippen LogP contribution in [0.15, 0.2) is 11.4 Å². The molecular weight excluding hydrogens is 204 g/mol. The molecule has 1 heterocycles. The molecule has 5 nitrogen and oxygen atoms in total. The largest absolute Gasteiger partial charge is 0.438 e. The van der Waals surface area contributed by atoms with Gasteiger partial charge < -0.3 is 15.6 Å². The molecule has 6 heteroatoms. The first-order valence-corrected chi connectivity index (χ1v) is 4.60. The van der Waals surface area contributed by atoms with Crippen LogP contribution < -0.4 is 5.73 Å². The van der Waals surface area contributed by atoms with Gasteiger partial charge in [0.25, 0.3) is 0 Å². The molecule has 0 aliphatic rings. The average molecular weight is 212 g/mol. The summed E-state index contributed by atoms with van der Waals surface area (Å²) >= 11 is 1.23. The molecule has 0 bridgehead atoms. The zero-order valence-corrected chi connectivity index (χ0v) is 7.95. The predicted molar refractivity (Wildman–Crippen MR) is 49.5 cm³/mol. The topological polar surface area (TPSA) is 96.3 Å². The van der Waals surface area contributed by atoms with Crippen LogP contribution in [-0.4, -0.2) is 17.8 Å². The summed E-state index contributed by atoms with van der Waals surface area (Å²) in [6.07, 6.45) is -1.73. The van der Waals surface area contributed by atoms with E-state index in [-0.39, 0.29) is 6.61 Å². The number of aliphatic hydroxyl groups excluding tert-OH is 1. The van der Waals surface area contributed by atoms with E-state index in [1.807, 2.05) is 6.07 Å². The number of rotatable bonds is 3. The number of carbonyl (C=O) groups excluding carboxylic acids is 1.